The SMILES string of the molecule is O=C(/C=C/c1cc([N+](=O)[O-])cc2c1OCOC2)NCCc1cc(Cl)c2c(c1)OCCO2. The summed E-state index contributed by atoms with van der Waals surface area (Å²) in [6, 6.07) is 6.40. The molecule has 0 spiro atoms. The molecule has 0 aliphatic carbocycles. The maximum absolute atomic E-state index is 12.2. The average Bonchev–Trinajstić information content (AvgIpc) is 2.77. The number of rotatable bonds is 6. The summed E-state index contributed by atoms with van der Waals surface area (Å²) in [6.45, 7) is 1.56. The van der Waals surface area contributed by atoms with Crippen LogP contribution in [0.1, 0.15) is 16.7 Å². The van der Waals surface area contributed by atoms with E-state index in [1.165, 1.54) is 24.3 Å². The number of nitro benzene ring substituents is 1. The molecule has 1 N–H and O–H groups in total. The molecule has 4 rings (SSSR count). The monoisotopic (exact) mass is 446 g/mol. The van der Waals surface area contributed by atoms with E-state index in [9.17, 15) is 14.9 Å². The van der Waals surface area contributed by atoms with Gasteiger partial charge in [0.2, 0.25) is 5.91 Å². The van der Waals surface area contributed by atoms with E-state index in [1.807, 2.05) is 6.07 Å². The summed E-state index contributed by atoms with van der Waals surface area (Å²) in [7, 11) is 0. The molecule has 0 unspecified atom stereocenters. The number of non-ortho nitro benzene ring substituents is 1. The van der Waals surface area contributed by atoms with Crippen molar-refractivity contribution in [3.05, 3.63) is 62.2 Å². The van der Waals surface area contributed by atoms with Gasteiger partial charge in [0.1, 0.15) is 19.0 Å². The zero-order valence-electron chi connectivity index (χ0n) is 16.4. The third-order valence-electron chi connectivity index (χ3n) is 4.72. The van der Waals surface area contributed by atoms with Gasteiger partial charge in [-0.1, -0.05) is 11.6 Å². The molecule has 0 aromatic heterocycles. The fraction of sp³-hybridized carbons (Fsp3) is 0.286. The molecular formula is C21H19ClN2O7. The minimum Gasteiger partial charge on any atom is -0.486 e. The van der Waals surface area contributed by atoms with Crippen LogP contribution in [0.5, 0.6) is 17.2 Å². The fourth-order valence-corrected chi connectivity index (χ4v) is 3.61. The average molecular weight is 447 g/mol. The third kappa shape index (κ3) is 4.89. The number of fused-ring (bicyclic) bond motifs is 2. The van der Waals surface area contributed by atoms with Crippen LogP contribution in [-0.4, -0.2) is 37.4 Å². The minimum atomic E-state index is -0.495. The Morgan fingerprint density at radius 2 is 2.00 bits per heavy atom. The maximum atomic E-state index is 12.2. The smallest absolute Gasteiger partial charge is 0.270 e. The highest BCUT2D eigenvalue weighted by atomic mass is 35.5. The first kappa shape index (κ1) is 21.0. The van der Waals surface area contributed by atoms with Crippen LogP contribution < -0.4 is 19.5 Å². The summed E-state index contributed by atoms with van der Waals surface area (Å²) in [6.07, 6.45) is 3.35. The number of hydrogen-bond donors (Lipinski definition) is 1. The number of nitrogens with one attached hydrogen (secondary N) is 1. The molecule has 0 radical (unpaired) electrons. The lowest BCUT2D eigenvalue weighted by Crippen LogP contribution is -2.23. The van der Waals surface area contributed by atoms with Crippen molar-refractivity contribution in [3.63, 3.8) is 0 Å². The van der Waals surface area contributed by atoms with Gasteiger partial charge in [-0.05, 0) is 30.2 Å². The first-order valence-electron chi connectivity index (χ1n) is 9.57. The Labute approximate surface area is 182 Å². The predicted octanol–water partition coefficient (Wildman–Crippen LogP) is 3.26. The van der Waals surface area contributed by atoms with Gasteiger partial charge in [-0.25, -0.2) is 0 Å². The fourth-order valence-electron chi connectivity index (χ4n) is 3.32. The molecule has 2 aliphatic rings. The van der Waals surface area contributed by atoms with Gasteiger partial charge in [0.15, 0.2) is 18.3 Å². The highest BCUT2D eigenvalue weighted by Crippen LogP contribution is 2.38. The van der Waals surface area contributed by atoms with Crippen LogP contribution in [-0.2, 0) is 22.6 Å². The zero-order chi connectivity index (χ0) is 21.8. The van der Waals surface area contributed by atoms with Crippen molar-refractivity contribution in [2.45, 2.75) is 13.0 Å². The Hall–Kier alpha value is -3.30. The molecule has 31 heavy (non-hydrogen) atoms. The van der Waals surface area contributed by atoms with Crippen LogP contribution >= 0.6 is 11.6 Å². The van der Waals surface area contributed by atoms with Crippen molar-refractivity contribution in [2.24, 2.45) is 0 Å². The third-order valence-corrected chi connectivity index (χ3v) is 5.00. The lowest BCUT2D eigenvalue weighted by molar-refractivity contribution is -0.385. The number of amides is 1. The summed E-state index contributed by atoms with van der Waals surface area (Å²) in [5.41, 5.74) is 1.82. The quantitative estimate of drug-likeness (QED) is 0.412. The second-order valence-corrected chi connectivity index (χ2v) is 7.27. The van der Waals surface area contributed by atoms with Crippen molar-refractivity contribution >= 4 is 29.3 Å². The van der Waals surface area contributed by atoms with Gasteiger partial charge in [-0.2, -0.15) is 0 Å². The van der Waals surface area contributed by atoms with Crippen LogP contribution in [0.2, 0.25) is 5.02 Å². The van der Waals surface area contributed by atoms with Crippen LogP contribution in [0.15, 0.2) is 30.3 Å². The number of benzene rings is 2. The van der Waals surface area contributed by atoms with Crippen LogP contribution in [0.25, 0.3) is 6.08 Å². The first-order chi connectivity index (χ1) is 15.0. The lowest BCUT2D eigenvalue weighted by atomic mass is 10.1. The largest absolute Gasteiger partial charge is 0.486 e. The van der Waals surface area contributed by atoms with Crippen molar-refractivity contribution in [2.75, 3.05) is 26.6 Å². The van der Waals surface area contributed by atoms with E-state index < -0.39 is 4.92 Å². The van der Waals surface area contributed by atoms with Gasteiger partial charge in [0, 0.05) is 35.9 Å². The number of carbonyl (C=O) groups is 1. The molecule has 0 saturated heterocycles. The molecule has 9 nitrogen and oxygen atoms in total. The van der Waals surface area contributed by atoms with E-state index in [-0.39, 0.29) is 25.0 Å². The normalized spacial score (nSPS) is 14.6. The molecule has 10 heteroatoms. The second kappa shape index (κ2) is 9.23. The highest BCUT2D eigenvalue weighted by molar-refractivity contribution is 6.32. The summed E-state index contributed by atoms with van der Waals surface area (Å²) in [5.74, 6) is 1.28. The molecule has 2 heterocycles. The molecule has 2 aliphatic heterocycles. The summed E-state index contributed by atoms with van der Waals surface area (Å²) >= 11 is 6.23. The van der Waals surface area contributed by atoms with E-state index in [0.717, 1.165) is 5.56 Å². The molecule has 2 aromatic rings. The van der Waals surface area contributed by atoms with Gasteiger partial charge >= 0.3 is 0 Å². The van der Waals surface area contributed by atoms with Crippen molar-refractivity contribution in [1.82, 2.24) is 5.32 Å². The zero-order valence-corrected chi connectivity index (χ0v) is 17.1. The maximum Gasteiger partial charge on any atom is 0.270 e. The van der Waals surface area contributed by atoms with Crippen LogP contribution in [0.4, 0.5) is 5.69 Å². The summed E-state index contributed by atoms with van der Waals surface area (Å²) < 4.78 is 21.7. The van der Waals surface area contributed by atoms with Gasteiger partial charge in [0.05, 0.1) is 16.6 Å². The Kier molecular flexibility index (Phi) is 6.24. The van der Waals surface area contributed by atoms with Crippen molar-refractivity contribution < 1.29 is 28.7 Å². The molecule has 0 atom stereocenters. The lowest BCUT2D eigenvalue weighted by Gasteiger charge is -2.20. The second-order valence-electron chi connectivity index (χ2n) is 6.87. The van der Waals surface area contributed by atoms with E-state index >= 15 is 0 Å². The first-order valence-corrected chi connectivity index (χ1v) is 9.95. The van der Waals surface area contributed by atoms with E-state index in [0.29, 0.717) is 59.6 Å². The number of hydrogen-bond acceptors (Lipinski definition) is 7. The molecular weight excluding hydrogens is 428 g/mol. The van der Waals surface area contributed by atoms with E-state index in [1.54, 1.807) is 6.07 Å². The Morgan fingerprint density at radius 3 is 2.84 bits per heavy atom. The molecule has 2 aromatic carbocycles. The minimum absolute atomic E-state index is 0.0515. The molecule has 162 valence electrons. The van der Waals surface area contributed by atoms with Crippen LogP contribution in [0, 0.1) is 10.1 Å². The number of carbonyl (C=O) groups excluding carboxylic acids is 1. The molecule has 1 amide bonds. The molecule has 0 bridgehead atoms. The van der Waals surface area contributed by atoms with Gasteiger partial charge < -0.3 is 24.3 Å². The predicted molar refractivity (Wildman–Crippen MR) is 112 cm³/mol. The Balaban J connectivity index is 1.39. The van der Waals surface area contributed by atoms with Crippen molar-refractivity contribution in [3.8, 4) is 17.2 Å². The van der Waals surface area contributed by atoms with Gasteiger partial charge in [-0.3, -0.25) is 14.9 Å². The topological polar surface area (TPSA) is 109 Å². The summed E-state index contributed by atoms with van der Waals surface area (Å²) in [5, 5.41) is 14.4. The number of ether oxygens (including phenoxy) is 4. The highest BCUT2D eigenvalue weighted by Gasteiger charge is 2.20. The van der Waals surface area contributed by atoms with Gasteiger partial charge in [0.25, 0.3) is 5.69 Å². The number of halogens is 1. The standard InChI is InChI=1S/C21H19ClN2O7/c22-17-7-13(8-18-21(17)30-6-5-29-18)3-4-23-19(25)2-1-14-9-16(24(26)27)10-15-11-28-12-31-20(14)15/h1-2,7-10H,3-6,11-12H2,(H,23,25)/b2-1+. The number of nitro groups is 1. The van der Waals surface area contributed by atoms with Gasteiger partial charge in [-0.15, -0.1) is 0 Å². The molecule has 0 fully saturated rings. The molecule has 0 saturated carbocycles. The van der Waals surface area contributed by atoms with Crippen molar-refractivity contribution in [1.29, 1.82) is 0 Å². The Bertz CT molecular complexity index is 1050. The van der Waals surface area contributed by atoms with E-state index in [2.05, 4.69) is 5.32 Å². The number of nitrogens with zero attached hydrogens (tertiary/aromatic N) is 1. The van der Waals surface area contributed by atoms with Crippen LogP contribution in [0.3, 0.4) is 0 Å². The summed E-state index contributed by atoms with van der Waals surface area (Å²) in [4.78, 5) is 22.9. The van der Waals surface area contributed by atoms with E-state index in [4.69, 9.17) is 30.5 Å². The Morgan fingerprint density at radius 1 is 1.16 bits per heavy atom.